The van der Waals surface area contributed by atoms with Crippen LogP contribution in [0.4, 0.5) is 5.69 Å². The molecular formula is C12H14Cl2N4S. The normalized spacial score (nSPS) is 24.1. The Morgan fingerprint density at radius 2 is 2.00 bits per heavy atom. The van der Waals surface area contributed by atoms with Crippen LogP contribution in [0.1, 0.15) is 13.8 Å². The van der Waals surface area contributed by atoms with Crippen LogP contribution in [0.5, 0.6) is 0 Å². The summed E-state index contributed by atoms with van der Waals surface area (Å²) in [5, 5.41) is 4.67. The topological polar surface area (TPSA) is 41.1 Å². The Bertz CT molecular complexity index is 615. The van der Waals surface area contributed by atoms with Crippen molar-refractivity contribution >= 4 is 51.7 Å². The zero-order chi connectivity index (χ0) is 13.6. The number of fused-ring (bicyclic) bond motifs is 1. The fourth-order valence-electron chi connectivity index (χ4n) is 2.47. The molecule has 2 aromatic rings. The summed E-state index contributed by atoms with van der Waals surface area (Å²) in [6.07, 6.45) is 0. The van der Waals surface area contributed by atoms with Gasteiger partial charge in [0.1, 0.15) is 11.0 Å². The second-order valence-corrected chi connectivity index (χ2v) is 6.30. The Morgan fingerprint density at radius 3 is 2.79 bits per heavy atom. The molecule has 1 saturated heterocycles. The summed E-state index contributed by atoms with van der Waals surface area (Å²) in [4.78, 5) is 2.30. The van der Waals surface area contributed by atoms with Gasteiger partial charge in [0.15, 0.2) is 0 Å². The second-order valence-electron chi connectivity index (χ2n) is 4.96. The smallest absolute Gasteiger partial charge is 0.131 e. The molecule has 0 spiro atoms. The van der Waals surface area contributed by atoms with E-state index in [1.54, 1.807) is 6.07 Å². The first kappa shape index (κ1) is 13.4. The lowest BCUT2D eigenvalue weighted by molar-refractivity contribution is 0.426. The lowest BCUT2D eigenvalue weighted by Crippen LogP contribution is -2.54. The average Bonchev–Trinajstić information content (AvgIpc) is 2.83. The van der Waals surface area contributed by atoms with Crippen LogP contribution < -0.4 is 10.2 Å². The predicted molar refractivity (Wildman–Crippen MR) is 81.7 cm³/mol. The highest BCUT2D eigenvalue weighted by Crippen LogP contribution is 2.38. The molecule has 19 heavy (non-hydrogen) atoms. The summed E-state index contributed by atoms with van der Waals surface area (Å²) in [7, 11) is 0. The summed E-state index contributed by atoms with van der Waals surface area (Å²) < 4.78 is 8.63. The van der Waals surface area contributed by atoms with E-state index >= 15 is 0 Å². The van der Waals surface area contributed by atoms with Crippen LogP contribution in [0, 0.1) is 0 Å². The van der Waals surface area contributed by atoms with E-state index in [9.17, 15) is 0 Å². The van der Waals surface area contributed by atoms with Crippen LogP contribution in [-0.4, -0.2) is 33.9 Å². The van der Waals surface area contributed by atoms with Crippen LogP contribution in [0.2, 0.25) is 10.0 Å². The van der Waals surface area contributed by atoms with E-state index < -0.39 is 0 Å². The minimum atomic E-state index is 0.361. The molecule has 1 aliphatic heterocycles. The first-order chi connectivity index (χ1) is 9.08. The molecule has 7 heteroatoms. The van der Waals surface area contributed by atoms with Gasteiger partial charge in [-0.25, -0.2) is 0 Å². The summed E-state index contributed by atoms with van der Waals surface area (Å²) in [5.41, 5.74) is 2.50. The zero-order valence-electron chi connectivity index (χ0n) is 10.7. The van der Waals surface area contributed by atoms with Gasteiger partial charge < -0.3 is 10.2 Å². The maximum absolute atomic E-state index is 6.40. The number of piperazine rings is 1. The van der Waals surface area contributed by atoms with Crippen molar-refractivity contribution in [3.8, 4) is 0 Å². The number of benzene rings is 1. The Hall–Kier alpha value is -0.620. The fraction of sp³-hybridized carbons (Fsp3) is 0.500. The highest BCUT2D eigenvalue weighted by Gasteiger charge is 2.27. The average molecular weight is 317 g/mol. The Balaban J connectivity index is 2.16. The molecule has 0 bridgehead atoms. The van der Waals surface area contributed by atoms with E-state index in [0.29, 0.717) is 22.1 Å². The van der Waals surface area contributed by atoms with Crippen LogP contribution in [0.3, 0.4) is 0 Å². The standard InChI is InChI=1S/C12H14Cl2N4S/c1-6-5-18(7(2)4-15-6)12-9(14)3-8(13)10-11(12)17-19-16-10/h3,6-7,15H,4-5H2,1-2H3. The van der Waals surface area contributed by atoms with Crippen molar-refractivity contribution in [2.75, 3.05) is 18.0 Å². The largest absolute Gasteiger partial charge is 0.363 e. The van der Waals surface area contributed by atoms with E-state index in [1.807, 2.05) is 0 Å². The van der Waals surface area contributed by atoms with Crippen LogP contribution in [-0.2, 0) is 0 Å². The van der Waals surface area contributed by atoms with Gasteiger partial charge in [0, 0.05) is 25.2 Å². The third-order valence-corrected chi connectivity index (χ3v) is 4.57. The molecule has 0 radical (unpaired) electrons. The minimum Gasteiger partial charge on any atom is -0.363 e. The maximum Gasteiger partial charge on any atom is 0.131 e. The number of nitrogens with zero attached hydrogens (tertiary/aromatic N) is 3. The van der Waals surface area contributed by atoms with Gasteiger partial charge in [-0.15, -0.1) is 0 Å². The van der Waals surface area contributed by atoms with Crippen molar-refractivity contribution in [1.29, 1.82) is 0 Å². The van der Waals surface area contributed by atoms with Gasteiger partial charge in [0.25, 0.3) is 0 Å². The lowest BCUT2D eigenvalue weighted by Gasteiger charge is -2.39. The highest BCUT2D eigenvalue weighted by atomic mass is 35.5. The Morgan fingerprint density at radius 1 is 1.26 bits per heavy atom. The molecule has 102 valence electrons. The summed E-state index contributed by atoms with van der Waals surface area (Å²) >= 11 is 13.7. The maximum atomic E-state index is 6.40. The molecule has 2 unspecified atom stereocenters. The first-order valence-corrected chi connectivity index (χ1v) is 7.67. The lowest BCUT2D eigenvalue weighted by atomic mass is 10.1. The zero-order valence-corrected chi connectivity index (χ0v) is 13.0. The van der Waals surface area contributed by atoms with Crippen molar-refractivity contribution < 1.29 is 0 Å². The molecule has 0 amide bonds. The van der Waals surface area contributed by atoms with Crippen LogP contribution in [0.15, 0.2) is 6.07 Å². The van der Waals surface area contributed by atoms with Gasteiger partial charge in [-0.3, -0.25) is 0 Å². The number of hydrogen-bond acceptors (Lipinski definition) is 5. The number of aromatic nitrogens is 2. The van der Waals surface area contributed by atoms with Gasteiger partial charge in [-0.2, -0.15) is 8.75 Å². The molecule has 2 atom stereocenters. The van der Waals surface area contributed by atoms with Crippen LogP contribution in [0.25, 0.3) is 11.0 Å². The van der Waals surface area contributed by atoms with Crippen molar-refractivity contribution in [3.05, 3.63) is 16.1 Å². The number of nitrogens with one attached hydrogen (secondary N) is 1. The Kier molecular flexibility index (Phi) is 3.55. The molecule has 0 aliphatic carbocycles. The van der Waals surface area contributed by atoms with Crippen molar-refractivity contribution in [2.45, 2.75) is 25.9 Å². The first-order valence-electron chi connectivity index (χ1n) is 6.18. The summed E-state index contributed by atoms with van der Waals surface area (Å²) in [6, 6.07) is 2.55. The quantitative estimate of drug-likeness (QED) is 0.877. The van der Waals surface area contributed by atoms with Crippen molar-refractivity contribution in [2.24, 2.45) is 0 Å². The van der Waals surface area contributed by atoms with Gasteiger partial charge in [-0.1, -0.05) is 23.2 Å². The highest BCUT2D eigenvalue weighted by molar-refractivity contribution is 7.00. The van der Waals surface area contributed by atoms with Crippen molar-refractivity contribution in [1.82, 2.24) is 14.1 Å². The SMILES string of the molecule is CC1CN(c2c(Cl)cc(Cl)c3nsnc23)C(C)CN1. The van der Waals surface area contributed by atoms with E-state index in [4.69, 9.17) is 23.2 Å². The number of anilines is 1. The molecule has 4 nitrogen and oxygen atoms in total. The van der Waals surface area contributed by atoms with E-state index in [2.05, 4.69) is 32.8 Å². The number of hydrogen-bond donors (Lipinski definition) is 1. The van der Waals surface area contributed by atoms with E-state index in [1.165, 1.54) is 11.7 Å². The molecule has 1 aromatic heterocycles. The fourth-order valence-corrected chi connectivity index (χ4v) is 3.68. The number of halogens is 2. The predicted octanol–water partition coefficient (Wildman–Crippen LogP) is 3.18. The van der Waals surface area contributed by atoms with Gasteiger partial charge in [0.2, 0.25) is 0 Å². The molecule has 2 heterocycles. The van der Waals surface area contributed by atoms with E-state index in [0.717, 1.165) is 29.8 Å². The molecule has 1 aliphatic rings. The number of rotatable bonds is 1. The molecule has 1 aromatic carbocycles. The summed E-state index contributed by atoms with van der Waals surface area (Å²) in [5.74, 6) is 0. The van der Waals surface area contributed by atoms with Gasteiger partial charge in [-0.05, 0) is 19.9 Å². The van der Waals surface area contributed by atoms with Gasteiger partial charge >= 0.3 is 0 Å². The van der Waals surface area contributed by atoms with E-state index in [-0.39, 0.29) is 0 Å². The van der Waals surface area contributed by atoms with Crippen LogP contribution >= 0.6 is 34.9 Å². The third kappa shape index (κ3) is 2.29. The van der Waals surface area contributed by atoms with Gasteiger partial charge in [0.05, 0.1) is 27.5 Å². The second kappa shape index (κ2) is 5.05. The minimum absolute atomic E-state index is 0.361. The molecule has 0 saturated carbocycles. The Labute approximate surface area is 126 Å². The third-order valence-electron chi connectivity index (χ3n) is 3.47. The van der Waals surface area contributed by atoms with Crippen molar-refractivity contribution in [3.63, 3.8) is 0 Å². The molecular weight excluding hydrogens is 303 g/mol. The summed E-state index contributed by atoms with van der Waals surface area (Å²) in [6.45, 7) is 6.17. The monoisotopic (exact) mass is 316 g/mol. The molecule has 1 fully saturated rings. The molecule has 1 N–H and O–H groups in total. The molecule has 3 rings (SSSR count).